The van der Waals surface area contributed by atoms with Gasteiger partial charge >= 0.3 is 0 Å². The van der Waals surface area contributed by atoms with Crippen molar-refractivity contribution in [2.45, 2.75) is 38.8 Å². The van der Waals surface area contributed by atoms with Crippen molar-refractivity contribution in [2.24, 2.45) is 0 Å². The summed E-state index contributed by atoms with van der Waals surface area (Å²) in [5.74, 6) is 2.56. The molecule has 2 aliphatic rings. The number of benzene rings is 2. The van der Waals surface area contributed by atoms with Crippen LogP contribution in [0.4, 0.5) is 0 Å². The minimum Gasteiger partial charge on any atom is -0.497 e. The van der Waals surface area contributed by atoms with Crippen molar-refractivity contribution in [1.82, 2.24) is 10.2 Å². The molecule has 2 aliphatic heterocycles. The molecule has 0 aliphatic carbocycles. The molecular formula is C26H36N2O6. The first-order valence-electron chi connectivity index (χ1n) is 11.5. The Kier molecular flexibility index (Phi) is 9.42. The van der Waals surface area contributed by atoms with Crippen LogP contribution >= 0.6 is 0 Å². The van der Waals surface area contributed by atoms with Gasteiger partial charge in [0, 0.05) is 6.54 Å². The maximum atomic E-state index is 12.7. The number of carbonyl (C=O) groups excluding carboxylic acids is 1. The minimum absolute atomic E-state index is 0. The SMILES string of the molecule is C.COc1ccc(OCCC(=O)N[C@@H](CN2CCCC2)[C@H](O)c2ccc3c(c2)OCCO3)cc1. The molecule has 8 nitrogen and oxygen atoms in total. The number of carbonyl (C=O) groups is 1. The van der Waals surface area contributed by atoms with Crippen LogP contribution in [-0.4, -0.2) is 68.5 Å². The topological polar surface area (TPSA) is 89.5 Å². The molecule has 0 radical (unpaired) electrons. The second-order valence-corrected chi connectivity index (χ2v) is 8.30. The molecular weight excluding hydrogens is 436 g/mol. The quantitative estimate of drug-likeness (QED) is 0.549. The third-order valence-corrected chi connectivity index (χ3v) is 5.95. The summed E-state index contributed by atoms with van der Waals surface area (Å²) in [6.07, 6.45) is 1.59. The monoisotopic (exact) mass is 472 g/mol. The highest BCUT2D eigenvalue weighted by Crippen LogP contribution is 2.33. The standard InChI is InChI=1S/C25H32N2O6.CH4/c1-30-19-5-7-20(8-6-19)31-13-10-24(28)26-21(17-27-11-2-3-12-27)25(29)18-4-9-22-23(16-18)33-15-14-32-22;/h4-9,16,21,25,29H,2-3,10-15,17H2,1H3,(H,26,28);1H4/t21-,25+;/m0./s1. The van der Waals surface area contributed by atoms with Crippen LogP contribution in [0.25, 0.3) is 0 Å². The van der Waals surface area contributed by atoms with Crippen LogP contribution in [0.1, 0.15) is 38.4 Å². The first-order chi connectivity index (χ1) is 16.1. The molecule has 2 heterocycles. The number of hydrogen-bond acceptors (Lipinski definition) is 7. The number of likely N-dealkylation sites (tertiary alicyclic amines) is 1. The summed E-state index contributed by atoms with van der Waals surface area (Å²) in [6.45, 7) is 3.77. The lowest BCUT2D eigenvalue weighted by Gasteiger charge is -2.29. The average molecular weight is 473 g/mol. The van der Waals surface area contributed by atoms with Crippen LogP contribution in [-0.2, 0) is 4.79 Å². The highest BCUT2D eigenvalue weighted by atomic mass is 16.6. The summed E-state index contributed by atoms with van der Waals surface area (Å²) in [5.41, 5.74) is 0.693. The van der Waals surface area contributed by atoms with Gasteiger partial charge in [0.05, 0.1) is 26.2 Å². The van der Waals surface area contributed by atoms with Gasteiger partial charge in [-0.3, -0.25) is 4.79 Å². The van der Waals surface area contributed by atoms with Crippen LogP contribution in [0.2, 0.25) is 0 Å². The number of methoxy groups -OCH3 is 1. The third-order valence-electron chi connectivity index (χ3n) is 5.95. The second-order valence-electron chi connectivity index (χ2n) is 8.30. The zero-order chi connectivity index (χ0) is 23.0. The average Bonchev–Trinajstić information content (AvgIpc) is 3.36. The summed E-state index contributed by atoms with van der Waals surface area (Å²) >= 11 is 0. The number of rotatable bonds is 10. The summed E-state index contributed by atoms with van der Waals surface area (Å²) in [7, 11) is 1.61. The Bertz CT molecular complexity index is 914. The molecule has 0 unspecified atom stereocenters. The van der Waals surface area contributed by atoms with E-state index in [-0.39, 0.29) is 26.4 Å². The fraction of sp³-hybridized carbons (Fsp3) is 0.500. The Morgan fingerprint density at radius 2 is 1.74 bits per heavy atom. The Hall–Kier alpha value is -2.97. The van der Waals surface area contributed by atoms with E-state index in [0.29, 0.717) is 42.6 Å². The number of nitrogens with one attached hydrogen (secondary N) is 1. The molecule has 2 atom stereocenters. The van der Waals surface area contributed by atoms with Crippen LogP contribution in [0.5, 0.6) is 23.0 Å². The van der Waals surface area contributed by atoms with E-state index in [1.165, 1.54) is 0 Å². The lowest BCUT2D eigenvalue weighted by molar-refractivity contribution is -0.123. The van der Waals surface area contributed by atoms with E-state index in [9.17, 15) is 9.90 Å². The molecule has 1 amide bonds. The van der Waals surface area contributed by atoms with E-state index in [4.69, 9.17) is 18.9 Å². The number of aliphatic hydroxyl groups is 1. The molecule has 186 valence electrons. The van der Waals surface area contributed by atoms with Gasteiger partial charge in [0.15, 0.2) is 11.5 Å². The van der Waals surface area contributed by atoms with Gasteiger partial charge in [-0.05, 0) is 67.9 Å². The molecule has 2 N–H and O–H groups in total. The highest BCUT2D eigenvalue weighted by Gasteiger charge is 2.27. The van der Waals surface area contributed by atoms with Crippen molar-refractivity contribution in [3.63, 3.8) is 0 Å². The molecule has 34 heavy (non-hydrogen) atoms. The van der Waals surface area contributed by atoms with Crippen LogP contribution in [0, 0.1) is 0 Å². The molecule has 2 aromatic rings. The number of amides is 1. The van der Waals surface area contributed by atoms with Crippen molar-refractivity contribution in [3.05, 3.63) is 48.0 Å². The Balaban J connectivity index is 0.00000324. The lowest BCUT2D eigenvalue weighted by atomic mass is 10.0. The van der Waals surface area contributed by atoms with Crippen LogP contribution < -0.4 is 24.3 Å². The summed E-state index contributed by atoms with van der Waals surface area (Å²) < 4.78 is 22.1. The number of ether oxygens (including phenoxy) is 4. The van der Waals surface area contributed by atoms with Gasteiger partial charge < -0.3 is 34.3 Å². The third kappa shape index (κ3) is 6.77. The zero-order valence-corrected chi connectivity index (χ0v) is 19.0. The maximum absolute atomic E-state index is 12.7. The van der Waals surface area contributed by atoms with E-state index in [2.05, 4.69) is 10.2 Å². The summed E-state index contributed by atoms with van der Waals surface area (Å²) in [5, 5.41) is 14.2. The van der Waals surface area contributed by atoms with Gasteiger partial charge in [-0.2, -0.15) is 0 Å². The fourth-order valence-electron chi connectivity index (χ4n) is 4.16. The van der Waals surface area contributed by atoms with Crippen LogP contribution in [0.15, 0.2) is 42.5 Å². The molecule has 0 bridgehead atoms. The number of fused-ring (bicyclic) bond motifs is 1. The van der Waals surface area contributed by atoms with E-state index in [0.717, 1.165) is 31.7 Å². The Labute approximate surface area is 201 Å². The Morgan fingerprint density at radius 1 is 1.06 bits per heavy atom. The van der Waals surface area contributed by atoms with E-state index < -0.39 is 12.1 Å². The minimum atomic E-state index is -0.868. The predicted octanol–water partition coefficient (Wildman–Crippen LogP) is 3.19. The van der Waals surface area contributed by atoms with Crippen LogP contribution in [0.3, 0.4) is 0 Å². The van der Waals surface area contributed by atoms with Crippen molar-refractivity contribution in [3.8, 4) is 23.0 Å². The molecule has 2 aromatic carbocycles. The van der Waals surface area contributed by atoms with E-state index >= 15 is 0 Å². The summed E-state index contributed by atoms with van der Waals surface area (Å²) in [6, 6.07) is 12.2. The van der Waals surface area contributed by atoms with Gasteiger partial charge in [-0.1, -0.05) is 13.5 Å². The molecule has 8 heteroatoms. The first kappa shape index (κ1) is 25.6. The second kappa shape index (κ2) is 12.5. The van der Waals surface area contributed by atoms with Crippen molar-refractivity contribution >= 4 is 5.91 Å². The van der Waals surface area contributed by atoms with Crippen molar-refractivity contribution in [1.29, 1.82) is 0 Å². The Morgan fingerprint density at radius 3 is 2.44 bits per heavy atom. The molecule has 1 saturated heterocycles. The smallest absolute Gasteiger partial charge is 0.223 e. The summed E-state index contributed by atoms with van der Waals surface area (Å²) in [4.78, 5) is 15.0. The van der Waals surface area contributed by atoms with Crippen molar-refractivity contribution < 1.29 is 28.8 Å². The largest absolute Gasteiger partial charge is 0.497 e. The van der Waals surface area contributed by atoms with Crippen molar-refractivity contribution in [2.75, 3.05) is 46.6 Å². The fourth-order valence-corrected chi connectivity index (χ4v) is 4.16. The van der Waals surface area contributed by atoms with Gasteiger partial charge in [0.25, 0.3) is 0 Å². The van der Waals surface area contributed by atoms with Gasteiger partial charge in [-0.25, -0.2) is 0 Å². The number of aliphatic hydroxyl groups excluding tert-OH is 1. The number of nitrogens with zero attached hydrogens (tertiary/aromatic N) is 1. The molecule has 4 rings (SSSR count). The molecule has 0 spiro atoms. The van der Waals surface area contributed by atoms with Gasteiger partial charge in [0.1, 0.15) is 30.8 Å². The van der Waals surface area contributed by atoms with E-state index in [1.807, 2.05) is 24.3 Å². The van der Waals surface area contributed by atoms with E-state index in [1.54, 1.807) is 25.3 Å². The van der Waals surface area contributed by atoms with Gasteiger partial charge in [0.2, 0.25) is 5.91 Å². The first-order valence-corrected chi connectivity index (χ1v) is 11.5. The zero-order valence-electron chi connectivity index (χ0n) is 19.0. The number of hydrogen-bond donors (Lipinski definition) is 2. The highest BCUT2D eigenvalue weighted by molar-refractivity contribution is 5.76. The molecule has 0 saturated carbocycles. The van der Waals surface area contributed by atoms with Gasteiger partial charge in [-0.15, -0.1) is 0 Å². The lowest BCUT2D eigenvalue weighted by Crippen LogP contribution is -2.47. The normalized spacial score (nSPS) is 16.8. The molecule has 0 aromatic heterocycles. The molecule has 1 fully saturated rings. The predicted molar refractivity (Wildman–Crippen MR) is 130 cm³/mol. The maximum Gasteiger partial charge on any atom is 0.223 e.